The molecule has 2 heterocycles. The van der Waals surface area contributed by atoms with Crippen LogP contribution in [0.25, 0.3) is 11.6 Å². The number of carboxylic acids is 1. The van der Waals surface area contributed by atoms with Crippen LogP contribution in [0.15, 0.2) is 29.0 Å². The molecule has 0 fully saturated rings. The van der Waals surface area contributed by atoms with Crippen LogP contribution < -0.4 is 0 Å². The van der Waals surface area contributed by atoms with Gasteiger partial charge in [0.1, 0.15) is 0 Å². The van der Waals surface area contributed by atoms with Crippen LogP contribution in [0.5, 0.6) is 0 Å². The molecule has 0 unspecified atom stereocenters. The van der Waals surface area contributed by atoms with Crippen molar-refractivity contribution in [2.75, 3.05) is 0 Å². The summed E-state index contributed by atoms with van der Waals surface area (Å²) in [5.74, 6) is -0.293. The van der Waals surface area contributed by atoms with Crippen LogP contribution in [0, 0.1) is 6.92 Å². The molecule has 0 bridgehead atoms. The molecule has 5 heteroatoms. The predicted molar refractivity (Wildman–Crippen MR) is 51.4 cm³/mol. The van der Waals surface area contributed by atoms with Gasteiger partial charge in [-0.2, -0.15) is 0 Å². The zero-order valence-corrected chi connectivity index (χ0v) is 7.97. The topological polar surface area (TPSA) is 76.2 Å². The van der Waals surface area contributed by atoms with Gasteiger partial charge in [0.25, 0.3) is 0 Å². The van der Waals surface area contributed by atoms with Crippen molar-refractivity contribution in [2.45, 2.75) is 6.92 Å². The second kappa shape index (κ2) is 3.53. The smallest absolute Gasteiger partial charge is 0.354 e. The Kier molecular flexibility index (Phi) is 2.21. The second-order valence-electron chi connectivity index (χ2n) is 3.00. The summed E-state index contributed by atoms with van der Waals surface area (Å²) in [6.45, 7) is 1.84. The maximum atomic E-state index is 10.7. The van der Waals surface area contributed by atoms with E-state index < -0.39 is 5.97 Å². The SMILES string of the molecule is Cc1ccoc1-c1nccc(C(=O)O)n1. The molecular formula is C10H8N2O3. The Balaban J connectivity index is 2.50. The summed E-state index contributed by atoms with van der Waals surface area (Å²) in [6.07, 6.45) is 2.91. The van der Waals surface area contributed by atoms with Gasteiger partial charge in [-0.05, 0) is 24.6 Å². The Labute approximate surface area is 85.4 Å². The molecule has 15 heavy (non-hydrogen) atoms. The van der Waals surface area contributed by atoms with Gasteiger partial charge in [-0.3, -0.25) is 0 Å². The third kappa shape index (κ3) is 1.71. The minimum atomic E-state index is -1.08. The van der Waals surface area contributed by atoms with E-state index in [0.29, 0.717) is 5.76 Å². The van der Waals surface area contributed by atoms with Crippen molar-refractivity contribution in [3.63, 3.8) is 0 Å². The first-order valence-electron chi connectivity index (χ1n) is 4.29. The summed E-state index contributed by atoms with van der Waals surface area (Å²) in [4.78, 5) is 18.5. The van der Waals surface area contributed by atoms with Crippen LogP contribution >= 0.6 is 0 Å². The highest BCUT2D eigenvalue weighted by Gasteiger charge is 2.11. The average molecular weight is 204 g/mol. The van der Waals surface area contributed by atoms with Gasteiger partial charge < -0.3 is 9.52 Å². The summed E-state index contributed by atoms with van der Waals surface area (Å²) in [5, 5.41) is 8.76. The molecule has 0 radical (unpaired) electrons. The fraction of sp³-hybridized carbons (Fsp3) is 0.100. The average Bonchev–Trinajstić information content (AvgIpc) is 2.64. The first-order chi connectivity index (χ1) is 7.18. The fourth-order valence-electron chi connectivity index (χ4n) is 1.19. The Morgan fingerprint density at radius 2 is 2.27 bits per heavy atom. The summed E-state index contributed by atoms with van der Waals surface area (Å²) < 4.78 is 5.17. The number of carbonyl (C=O) groups is 1. The maximum Gasteiger partial charge on any atom is 0.354 e. The standard InChI is InChI=1S/C10H8N2O3/c1-6-3-5-15-8(6)9-11-4-2-7(12-9)10(13)14/h2-5H,1H3,(H,13,14). The van der Waals surface area contributed by atoms with Crippen LogP contribution in [-0.4, -0.2) is 21.0 Å². The highest BCUT2D eigenvalue weighted by molar-refractivity contribution is 5.85. The maximum absolute atomic E-state index is 10.7. The number of hydrogen-bond acceptors (Lipinski definition) is 4. The lowest BCUT2D eigenvalue weighted by Crippen LogP contribution is -2.02. The minimum absolute atomic E-state index is 0.0456. The van der Waals surface area contributed by atoms with Gasteiger partial charge in [-0.1, -0.05) is 0 Å². The molecule has 0 spiro atoms. The van der Waals surface area contributed by atoms with E-state index in [2.05, 4.69) is 9.97 Å². The van der Waals surface area contributed by atoms with Crippen LogP contribution in [0.3, 0.4) is 0 Å². The van der Waals surface area contributed by atoms with Gasteiger partial charge in [-0.25, -0.2) is 14.8 Å². The van der Waals surface area contributed by atoms with Crippen molar-refractivity contribution in [3.8, 4) is 11.6 Å². The molecule has 1 N–H and O–H groups in total. The van der Waals surface area contributed by atoms with Crippen molar-refractivity contribution in [3.05, 3.63) is 35.9 Å². The largest absolute Gasteiger partial charge is 0.477 e. The Hall–Kier alpha value is -2.17. The van der Waals surface area contributed by atoms with Crippen molar-refractivity contribution in [2.24, 2.45) is 0 Å². The van der Waals surface area contributed by atoms with Crippen molar-refractivity contribution in [1.82, 2.24) is 9.97 Å². The number of rotatable bonds is 2. The molecule has 2 rings (SSSR count). The zero-order chi connectivity index (χ0) is 10.8. The van der Waals surface area contributed by atoms with E-state index in [-0.39, 0.29) is 11.5 Å². The van der Waals surface area contributed by atoms with E-state index in [0.717, 1.165) is 5.56 Å². The van der Waals surface area contributed by atoms with E-state index in [9.17, 15) is 4.79 Å². The number of furan rings is 1. The van der Waals surface area contributed by atoms with E-state index in [4.69, 9.17) is 9.52 Å². The molecule has 0 amide bonds. The molecule has 2 aromatic rings. The monoisotopic (exact) mass is 204 g/mol. The first-order valence-corrected chi connectivity index (χ1v) is 4.29. The van der Waals surface area contributed by atoms with Crippen LogP contribution in [-0.2, 0) is 0 Å². The number of aryl methyl sites for hydroxylation is 1. The Morgan fingerprint density at radius 3 is 2.87 bits per heavy atom. The molecule has 0 aromatic carbocycles. The zero-order valence-electron chi connectivity index (χ0n) is 7.97. The molecule has 5 nitrogen and oxygen atoms in total. The van der Waals surface area contributed by atoms with Crippen LogP contribution in [0.1, 0.15) is 16.1 Å². The van der Waals surface area contributed by atoms with Crippen molar-refractivity contribution in [1.29, 1.82) is 0 Å². The van der Waals surface area contributed by atoms with Gasteiger partial charge in [0.15, 0.2) is 17.3 Å². The summed E-state index contributed by atoms with van der Waals surface area (Å²) in [7, 11) is 0. The first kappa shape index (κ1) is 9.39. The van der Waals surface area contributed by atoms with Gasteiger partial charge in [0.2, 0.25) is 0 Å². The molecular weight excluding hydrogens is 196 g/mol. The van der Waals surface area contributed by atoms with Crippen molar-refractivity contribution >= 4 is 5.97 Å². The molecule has 0 atom stereocenters. The molecule has 0 aliphatic carbocycles. The molecule has 76 valence electrons. The van der Waals surface area contributed by atoms with E-state index in [1.165, 1.54) is 18.5 Å². The number of carboxylic acid groups (broad SMARTS) is 1. The lowest BCUT2D eigenvalue weighted by Gasteiger charge is -1.98. The highest BCUT2D eigenvalue weighted by Crippen LogP contribution is 2.20. The summed E-state index contributed by atoms with van der Waals surface area (Å²) in [5.41, 5.74) is 0.827. The normalized spacial score (nSPS) is 10.2. The quantitative estimate of drug-likeness (QED) is 0.806. The van der Waals surface area contributed by atoms with Gasteiger partial charge in [-0.15, -0.1) is 0 Å². The molecule has 0 aliphatic heterocycles. The summed E-state index contributed by atoms with van der Waals surface area (Å²) in [6, 6.07) is 3.11. The molecule has 0 saturated carbocycles. The van der Waals surface area contributed by atoms with E-state index in [1.54, 1.807) is 6.07 Å². The molecule has 0 aliphatic rings. The van der Waals surface area contributed by atoms with Gasteiger partial charge >= 0.3 is 5.97 Å². The third-order valence-electron chi connectivity index (χ3n) is 1.94. The Morgan fingerprint density at radius 1 is 1.47 bits per heavy atom. The molecule has 2 aromatic heterocycles. The number of nitrogens with zero attached hydrogens (tertiary/aromatic N) is 2. The van der Waals surface area contributed by atoms with Gasteiger partial charge in [0, 0.05) is 6.20 Å². The second-order valence-corrected chi connectivity index (χ2v) is 3.00. The lowest BCUT2D eigenvalue weighted by molar-refractivity contribution is 0.0690. The van der Waals surface area contributed by atoms with Gasteiger partial charge in [0.05, 0.1) is 6.26 Å². The van der Waals surface area contributed by atoms with Crippen LogP contribution in [0.4, 0.5) is 0 Å². The molecule has 0 saturated heterocycles. The third-order valence-corrected chi connectivity index (χ3v) is 1.94. The minimum Gasteiger partial charge on any atom is -0.477 e. The van der Waals surface area contributed by atoms with Crippen LogP contribution in [0.2, 0.25) is 0 Å². The highest BCUT2D eigenvalue weighted by atomic mass is 16.4. The summed E-state index contributed by atoms with van der Waals surface area (Å²) >= 11 is 0. The lowest BCUT2D eigenvalue weighted by atomic mass is 10.2. The Bertz CT molecular complexity index is 505. The number of aromatic carboxylic acids is 1. The predicted octanol–water partition coefficient (Wildman–Crippen LogP) is 1.74. The number of aromatic nitrogens is 2. The number of hydrogen-bond donors (Lipinski definition) is 1. The van der Waals surface area contributed by atoms with E-state index in [1.807, 2.05) is 6.92 Å². The fourth-order valence-corrected chi connectivity index (χ4v) is 1.19. The van der Waals surface area contributed by atoms with E-state index >= 15 is 0 Å². The van der Waals surface area contributed by atoms with Crippen molar-refractivity contribution < 1.29 is 14.3 Å².